The molecular weight excluding hydrogens is 261 g/mol. The van der Waals surface area contributed by atoms with Crippen molar-refractivity contribution >= 4 is 49.1 Å². The van der Waals surface area contributed by atoms with E-state index in [1.54, 1.807) is 0 Å². The lowest BCUT2D eigenvalue weighted by molar-refractivity contribution is 0.0539. The summed E-state index contributed by atoms with van der Waals surface area (Å²) in [5.41, 5.74) is 0. The van der Waals surface area contributed by atoms with Crippen molar-refractivity contribution in [1.82, 2.24) is 9.80 Å². The number of rotatable bonds is 7. The van der Waals surface area contributed by atoms with Crippen molar-refractivity contribution in [2.45, 2.75) is 69.5 Å². The second kappa shape index (κ2) is 42.9. The third kappa shape index (κ3) is 22.6. The standard InChI is InChI=1S/C11H26N2.3CH4.B2.4B/c1-6-11(12(7-2)8-3)13(9-4)10-5;;;;1-2;;;;/h11H,6-10H2,1-5H3;3*1H4;;;;;. The van der Waals surface area contributed by atoms with Crippen LogP contribution in [0.25, 0.3) is 0 Å². The van der Waals surface area contributed by atoms with Gasteiger partial charge >= 0.3 is 0 Å². The lowest BCUT2D eigenvalue weighted by Crippen LogP contribution is -2.47. The highest BCUT2D eigenvalue weighted by Crippen LogP contribution is 2.09. The summed E-state index contributed by atoms with van der Waals surface area (Å²) in [6.45, 7) is 15.9. The fraction of sp³-hybridized carbons (Fsp3) is 1.00. The second-order valence-corrected chi connectivity index (χ2v) is 3.33. The van der Waals surface area contributed by atoms with Gasteiger partial charge < -0.3 is 0 Å². The minimum Gasteiger partial charge on any atom is -0.288 e. The zero-order valence-corrected chi connectivity index (χ0v) is 13.5. The van der Waals surface area contributed by atoms with E-state index in [4.69, 9.17) is 0 Å². The molecule has 0 rings (SSSR count). The Balaban J connectivity index is -0.0000000257. The van der Waals surface area contributed by atoms with Crippen LogP contribution in [0.3, 0.4) is 0 Å². The molecule has 0 N–H and O–H groups in total. The van der Waals surface area contributed by atoms with Gasteiger partial charge in [0.25, 0.3) is 0 Å². The van der Waals surface area contributed by atoms with Crippen LogP contribution in [0, 0.1) is 0 Å². The second-order valence-electron chi connectivity index (χ2n) is 3.33. The molecule has 0 aliphatic carbocycles. The average molecular weight is 299 g/mol. The van der Waals surface area contributed by atoms with Crippen LogP contribution in [0.5, 0.6) is 0 Å². The normalized spacial score (nSPS) is 7.27. The average Bonchev–Trinajstić information content (AvgIpc) is 2.32. The summed E-state index contributed by atoms with van der Waals surface area (Å²) in [6, 6.07) is 0. The van der Waals surface area contributed by atoms with E-state index in [1.807, 2.05) is 0 Å². The molecule has 0 spiro atoms. The van der Waals surface area contributed by atoms with E-state index in [2.05, 4.69) is 59.9 Å². The fourth-order valence-electron chi connectivity index (χ4n) is 2.04. The van der Waals surface area contributed by atoms with Gasteiger partial charge in [-0.25, -0.2) is 0 Å². The van der Waals surface area contributed by atoms with Crippen LogP contribution in [0.1, 0.15) is 63.3 Å². The molecule has 0 bridgehead atoms. The Morgan fingerprint density at radius 2 is 0.773 bits per heavy atom. The van der Waals surface area contributed by atoms with E-state index in [0.29, 0.717) is 6.17 Å². The van der Waals surface area contributed by atoms with Gasteiger partial charge in [0.05, 0.1) is 6.17 Å². The molecule has 16 radical (unpaired) electrons. The van der Waals surface area contributed by atoms with Crippen molar-refractivity contribution < 1.29 is 0 Å². The molecule has 0 fully saturated rings. The lowest BCUT2D eigenvalue weighted by Gasteiger charge is -2.37. The van der Waals surface area contributed by atoms with E-state index in [9.17, 15) is 0 Å². The van der Waals surface area contributed by atoms with Crippen LogP contribution in [0.15, 0.2) is 0 Å². The van der Waals surface area contributed by atoms with Crippen LogP contribution < -0.4 is 0 Å². The van der Waals surface area contributed by atoms with Crippen molar-refractivity contribution in [1.29, 1.82) is 0 Å². The Morgan fingerprint density at radius 1 is 0.591 bits per heavy atom. The maximum absolute atomic E-state index is 4.00. The van der Waals surface area contributed by atoms with Gasteiger partial charge in [-0.15, -0.1) is 0 Å². The Kier molecular flexibility index (Phi) is 112. The molecule has 0 saturated carbocycles. The molecule has 8 heteroatoms. The van der Waals surface area contributed by atoms with Crippen molar-refractivity contribution in [3.8, 4) is 0 Å². The Labute approximate surface area is 155 Å². The summed E-state index contributed by atoms with van der Waals surface area (Å²) in [7, 11) is 8.00. The monoisotopic (exact) mass is 300 g/mol. The molecule has 2 nitrogen and oxygen atoms in total. The zero-order valence-electron chi connectivity index (χ0n) is 13.5. The third-order valence-corrected chi connectivity index (χ3v) is 2.83. The van der Waals surface area contributed by atoms with Crippen molar-refractivity contribution in [3.05, 3.63) is 0 Å². The predicted octanol–water partition coefficient (Wildman–Crippen LogP) is 2.03. The van der Waals surface area contributed by atoms with Gasteiger partial charge in [0.15, 0.2) is 0 Å². The molecule has 0 aromatic heterocycles. The molecular formula is C14H38B6N2. The van der Waals surface area contributed by atoms with Gasteiger partial charge in [-0.1, -0.05) is 56.9 Å². The highest BCUT2D eigenvalue weighted by Gasteiger charge is 2.18. The van der Waals surface area contributed by atoms with E-state index < -0.39 is 0 Å². The first-order chi connectivity index (χ1) is 7.24. The van der Waals surface area contributed by atoms with E-state index in [1.165, 1.54) is 6.42 Å². The minimum absolute atomic E-state index is 0. The topological polar surface area (TPSA) is 6.48 Å². The molecule has 0 aromatic rings. The maximum atomic E-state index is 4.00. The molecule has 0 saturated heterocycles. The van der Waals surface area contributed by atoms with Crippen LogP contribution in [-0.2, 0) is 0 Å². The summed E-state index contributed by atoms with van der Waals surface area (Å²) in [5.74, 6) is 0. The molecule has 0 atom stereocenters. The summed E-state index contributed by atoms with van der Waals surface area (Å²) in [5, 5.41) is 0. The molecule has 0 aliphatic heterocycles. The molecule has 122 valence electrons. The number of hydrogen-bond acceptors (Lipinski definition) is 2. The molecule has 0 heterocycles. The van der Waals surface area contributed by atoms with E-state index in [0.717, 1.165) is 26.2 Å². The SMILES string of the molecule is C.C.C.CCC(N(CC)CC)N(CC)CC.[B].[B].[B].[B].[B][B]. The molecule has 0 amide bonds. The zero-order chi connectivity index (χ0) is 12.3. The van der Waals surface area contributed by atoms with Gasteiger partial charge in [0.2, 0.25) is 0 Å². The van der Waals surface area contributed by atoms with Gasteiger partial charge in [0, 0.05) is 49.1 Å². The van der Waals surface area contributed by atoms with Crippen molar-refractivity contribution in [3.63, 3.8) is 0 Å². The van der Waals surface area contributed by atoms with Crippen LogP contribution >= 0.6 is 0 Å². The van der Waals surface area contributed by atoms with Gasteiger partial charge in [-0.3, -0.25) is 9.80 Å². The van der Waals surface area contributed by atoms with Crippen LogP contribution in [0.4, 0.5) is 0 Å². The third-order valence-electron chi connectivity index (χ3n) is 2.83. The smallest absolute Gasteiger partial charge is 0.0619 e. The minimum atomic E-state index is 0. The summed E-state index contributed by atoms with van der Waals surface area (Å²) in [4.78, 5) is 5.07. The summed E-state index contributed by atoms with van der Waals surface area (Å²) >= 11 is 0. The Hall–Kier alpha value is 0.310. The first-order valence-corrected chi connectivity index (χ1v) is 6.06. The van der Waals surface area contributed by atoms with Crippen LogP contribution in [0.2, 0.25) is 0 Å². The summed E-state index contributed by atoms with van der Waals surface area (Å²) < 4.78 is 0. The van der Waals surface area contributed by atoms with Gasteiger partial charge in [-0.2, -0.15) is 0 Å². The van der Waals surface area contributed by atoms with Crippen molar-refractivity contribution in [2.75, 3.05) is 26.2 Å². The first-order valence-electron chi connectivity index (χ1n) is 6.06. The van der Waals surface area contributed by atoms with E-state index in [-0.39, 0.29) is 55.9 Å². The highest BCUT2D eigenvalue weighted by atomic mass is 15.3. The first kappa shape index (κ1) is 57.2. The molecule has 0 aliphatic rings. The Bertz CT molecular complexity index is 114. The number of nitrogens with zero attached hydrogens (tertiary/aromatic N) is 2. The quantitative estimate of drug-likeness (QED) is 0.524. The molecule has 0 aromatic carbocycles. The van der Waals surface area contributed by atoms with Crippen molar-refractivity contribution in [2.24, 2.45) is 0 Å². The largest absolute Gasteiger partial charge is 0.288 e. The highest BCUT2D eigenvalue weighted by molar-refractivity contribution is 6.75. The lowest BCUT2D eigenvalue weighted by atomic mass is 9.81. The van der Waals surface area contributed by atoms with Crippen LogP contribution in [-0.4, -0.2) is 91.3 Å². The van der Waals surface area contributed by atoms with Gasteiger partial charge in [0.1, 0.15) is 0 Å². The van der Waals surface area contributed by atoms with Gasteiger partial charge in [-0.05, 0) is 32.6 Å². The molecule has 22 heavy (non-hydrogen) atoms. The number of hydrogen-bond donors (Lipinski definition) is 0. The maximum Gasteiger partial charge on any atom is 0.0619 e. The Morgan fingerprint density at radius 3 is 0.864 bits per heavy atom. The fourth-order valence-corrected chi connectivity index (χ4v) is 2.04. The summed E-state index contributed by atoms with van der Waals surface area (Å²) in [6.07, 6.45) is 1.87. The predicted molar refractivity (Wildman–Crippen MR) is 115 cm³/mol. The van der Waals surface area contributed by atoms with E-state index >= 15 is 0 Å². The molecule has 0 unspecified atom stereocenters.